The molecule has 3 aromatic rings. The molecule has 5 N–H and O–H groups in total. The van der Waals surface area contributed by atoms with Crippen molar-refractivity contribution in [2.75, 3.05) is 29.6 Å². The van der Waals surface area contributed by atoms with Gasteiger partial charge in [0.15, 0.2) is 0 Å². The minimum atomic E-state index is -1.13. The lowest BCUT2D eigenvalue weighted by atomic mass is 10.1. The molecule has 3 rings (SSSR count). The van der Waals surface area contributed by atoms with Gasteiger partial charge in [0.25, 0.3) is 5.91 Å². The maximum absolute atomic E-state index is 13.4. The van der Waals surface area contributed by atoms with E-state index in [2.05, 4.69) is 23.3 Å². The number of carbonyl (C=O) groups is 2. The summed E-state index contributed by atoms with van der Waals surface area (Å²) < 4.78 is 6.26. The van der Waals surface area contributed by atoms with Crippen molar-refractivity contribution in [2.45, 2.75) is 24.6 Å². The van der Waals surface area contributed by atoms with Crippen molar-refractivity contribution in [3.8, 4) is 17.1 Å². The minimum Gasteiger partial charge on any atom is -0.480 e. The number of carbonyl (C=O) groups excluding carboxylic acids is 1. The number of hydrogen-bond donors (Lipinski definition) is 5. The van der Waals surface area contributed by atoms with Crippen LogP contribution in [0.1, 0.15) is 18.1 Å². The van der Waals surface area contributed by atoms with E-state index < -0.39 is 24.0 Å². The Morgan fingerprint density at radius 3 is 2.38 bits per heavy atom. The topological polar surface area (TPSA) is 127 Å². The average molecular weight is 541 g/mol. The molecule has 196 valence electrons. The van der Waals surface area contributed by atoms with E-state index in [1.807, 2.05) is 54.8 Å². The number of ether oxygens (including phenoxy) is 1. The van der Waals surface area contributed by atoms with Crippen LogP contribution in [0.3, 0.4) is 0 Å². The van der Waals surface area contributed by atoms with E-state index in [-0.39, 0.29) is 11.9 Å². The highest BCUT2D eigenvalue weighted by Gasteiger charge is 2.29. The molecule has 8 nitrogen and oxygen atoms in total. The van der Waals surface area contributed by atoms with Crippen molar-refractivity contribution >= 4 is 42.0 Å². The van der Waals surface area contributed by atoms with Gasteiger partial charge in [-0.2, -0.15) is 24.4 Å². The van der Waals surface area contributed by atoms with E-state index in [4.69, 9.17) is 15.5 Å². The lowest BCUT2D eigenvalue weighted by Crippen LogP contribution is -2.44. The van der Waals surface area contributed by atoms with Gasteiger partial charge in [-0.15, -0.1) is 0 Å². The summed E-state index contributed by atoms with van der Waals surface area (Å²) in [5.74, 6) is -0.381. The lowest BCUT2D eigenvalue weighted by molar-refractivity contribution is -0.143. The molecule has 0 fully saturated rings. The fraction of sp³-hybridized carbons (Fsp3) is 0.296. The second kappa shape index (κ2) is 14.5. The van der Waals surface area contributed by atoms with Crippen LogP contribution in [0.5, 0.6) is 5.88 Å². The molecule has 37 heavy (non-hydrogen) atoms. The molecular formula is C27H32N4O4S2. The van der Waals surface area contributed by atoms with Gasteiger partial charge in [-0.05, 0) is 30.6 Å². The van der Waals surface area contributed by atoms with Crippen molar-refractivity contribution in [2.24, 2.45) is 5.73 Å². The SMILES string of the molecule is CSCC[C@H](NC(=O)[C@H](Oc1nc(-c2ccccc2)ccc1NCC(N)CS)c1ccccc1)C(=O)O. The average Bonchev–Trinajstić information content (AvgIpc) is 2.93. The standard InChI is InChI=1S/C27H32N4O4S2/c1-37-15-14-23(27(33)34)30-25(32)24(19-10-6-3-7-11-19)35-26-22(29-16-20(28)17-36)13-12-21(31-26)18-8-4-2-5-9-18/h2-13,20,23-24,29,36H,14-17,28H2,1H3,(H,30,32)(H,33,34)/t20?,23-,24+/m0/s1. The van der Waals surface area contributed by atoms with Crippen LogP contribution >= 0.6 is 24.4 Å². The van der Waals surface area contributed by atoms with E-state index in [1.54, 1.807) is 24.3 Å². The molecule has 2 aromatic carbocycles. The fourth-order valence-electron chi connectivity index (χ4n) is 3.49. The number of pyridine rings is 1. The highest BCUT2D eigenvalue weighted by molar-refractivity contribution is 7.98. The Balaban J connectivity index is 1.97. The zero-order valence-electron chi connectivity index (χ0n) is 20.5. The number of nitrogens with two attached hydrogens (primary N) is 1. The van der Waals surface area contributed by atoms with Gasteiger partial charge in [-0.3, -0.25) is 4.79 Å². The highest BCUT2D eigenvalue weighted by Crippen LogP contribution is 2.31. The zero-order valence-corrected chi connectivity index (χ0v) is 22.3. The Kier molecular flexibility index (Phi) is 11.1. The van der Waals surface area contributed by atoms with E-state index in [0.29, 0.717) is 41.4 Å². The van der Waals surface area contributed by atoms with Crippen LogP contribution in [-0.2, 0) is 9.59 Å². The third-order valence-electron chi connectivity index (χ3n) is 5.51. The predicted octanol–water partition coefficient (Wildman–Crippen LogP) is 3.86. The van der Waals surface area contributed by atoms with Crippen LogP contribution in [0.2, 0.25) is 0 Å². The second-order valence-corrected chi connectivity index (χ2v) is 9.68. The van der Waals surface area contributed by atoms with Gasteiger partial charge in [-0.25, -0.2) is 9.78 Å². The first-order valence-corrected chi connectivity index (χ1v) is 13.9. The molecule has 1 aromatic heterocycles. The van der Waals surface area contributed by atoms with Crippen LogP contribution < -0.4 is 21.1 Å². The molecule has 0 radical (unpaired) electrons. The molecule has 0 saturated heterocycles. The Hall–Kier alpha value is -3.21. The number of thioether (sulfide) groups is 1. The van der Waals surface area contributed by atoms with Crippen molar-refractivity contribution in [3.05, 3.63) is 78.4 Å². The maximum atomic E-state index is 13.4. The third kappa shape index (κ3) is 8.41. The quantitative estimate of drug-likeness (QED) is 0.195. The number of nitrogens with zero attached hydrogens (tertiary/aromatic N) is 1. The number of carboxylic acid groups (broad SMARTS) is 1. The fourth-order valence-corrected chi connectivity index (χ4v) is 4.09. The summed E-state index contributed by atoms with van der Waals surface area (Å²) in [4.78, 5) is 29.9. The van der Waals surface area contributed by atoms with E-state index in [1.165, 1.54) is 11.8 Å². The third-order valence-corrected chi connectivity index (χ3v) is 6.63. The normalized spacial score (nSPS) is 13.3. The molecule has 1 amide bonds. The Morgan fingerprint density at radius 1 is 1.08 bits per heavy atom. The Bertz CT molecular complexity index is 1150. The first-order chi connectivity index (χ1) is 17.9. The van der Waals surface area contributed by atoms with Crippen LogP contribution in [-0.4, -0.2) is 58.4 Å². The summed E-state index contributed by atoms with van der Waals surface area (Å²) >= 11 is 5.75. The number of aromatic nitrogens is 1. The molecular weight excluding hydrogens is 508 g/mol. The number of rotatable bonds is 14. The van der Waals surface area contributed by atoms with Crippen molar-refractivity contribution in [3.63, 3.8) is 0 Å². The first kappa shape index (κ1) is 28.4. The van der Waals surface area contributed by atoms with Gasteiger partial charge in [0.05, 0.1) is 11.4 Å². The Morgan fingerprint density at radius 2 is 1.76 bits per heavy atom. The molecule has 0 saturated carbocycles. The van der Waals surface area contributed by atoms with Gasteiger partial charge in [-0.1, -0.05) is 60.7 Å². The number of amides is 1. The first-order valence-electron chi connectivity index (χ1n) is 11.8. The van der Waals surface area contributed by atoms with Gasteiger partial charge < -0.3 is 26.2 Å². The molecule has 0 aliphatic heterocycles. The molecule has 10 heteroatoms. The van der Waals surface area contributed by atoms with Crippen molar-refractivity contribution in [1.82, 2.24) is 10.3 Å². The number of anilines is 1. The number of carboxylic acids is 1. The lowest BCUT2D eigenvalue weighted by Gasteiger charge is -2.23. The largest absolute Gasteiger partial charge is 0.480 e. The van der Waals surface area contributed by atoms with Gasteiger partial charge in [0.1, 0.15) is 6.04 Å². The molecule has 0 spiro atoms. The van der Waals surface area contributed by atoms with Crippen molar-refractivity contribution in [1.29, 1.82) is 0 Å². The minimum absolute atomic E-state index is 0.202. The summed E-state index contributed by atoms with van der Waals surface area (Å²) in [7, 11) is 0. The predicted molar refractivity (Wildman–Crippen MR) is 152 cm³/mol. The molecule has 0 bridgehead atoms. The molecule has 0 aliphatic rings. The van der Waals surface area contributed by atoms with Crippen LogP contribution in [0.15, 0.2) is 72.8 Å². The molecule has 1 heterocycles. The van der Waals surface area contributed by atoms with Crippen LogP contribution in [0, 0.1) is 0 Å². The monoisotopic (exact) mass is 540 g/mol. The van der Waals surface area contributed by atoms with Crippen LogP contribution in [0.4, 0.5) is 5.69 Å². The summed E-state index contributed by atoms with van der Waals surface area (Å²) in [5, 5.41) is 15.5. The summed E-state index contributed by atoms with van der Waals surface area (Å²) in [5.41, 5.74) is 8.71. The summed E-state index contributed by atoms with van der Waals surface area (Å²) in [6, 6.07) is 21.0. The highest BCUT2D eigenvalue weighted by atomic mass is 32.2. The van der Waals surface area contributed by atoms with E-state index >= 15 is 0 Å². The smallest absolute Gasteiger partial charge is 0.326 e. The Labute approximate surface area is 226 Å². The van der Waals surface area contributed by atoms with Gasteiger partial charge in [0.2, 0.25) is 12.0 Å². The maximum Gasteiger partial charge on any atom is 0.326 e. The number of hydrogen-bond acceptors (Lipinski definition) is 8. The zero-order chi connectivity index (χ0) is 26.6. The second-order valence-electron chi connectivity index (χ2n) is 8.33. The number of thiol groups is 1. The van der Waals surface area contributed by atoms with E-state index in [0.717, 1.165) is 5.56 Å². The van der Waals surface area contributed by atoms with Crippen molar-refractivity contribution < 1.29 is 19.4 Å². The van der Waals surface area contributed by atoms with Gasteiger partial charge in [0, 0.05) is 29.5 Å². The number of benzene rings is 2. The van der Waals surface area contributed by atoms with Crippen LogP contribution in [0.25, 0.3) is 11.3 Å². The molecule has 1 unspecified atom stereocenters. The van der Waals surface area contributed by atoms with E-state index in [9.17, 15) is 14.7 Å². The number of nitrogens with one attached hydrogen (secondary N) is 2. The number of aliphatic carboxylic acids is 1. The summed E-state index contributed by atoms with van der Waals surface area (Å²) in [6.07, 6.45) is 1.05. The van der Waals surface area contributed by atoms with Gasteiger partial charge >= 0.3 is 5.97 Å². The molecule has 3 atom stereocenters. The summed E-state index contributed by atoms with van der Waals surface area (Å²) in [6.45, 7) is 0.421. The molecule has 0 aliphatic carbocycles.